The van der Waals surface area contributed by atoms with E-state index in [2.05, 4.69) is 43.5 Å². The van der Waals surface area contributed by atoms with E-state index in [0.717, 1.165) is 89.4 Å². The van der Waals surface area contributed by atoms with Crippen LogP contribution in [0.4, 0.5) is 0 Å². The molecule has 1 aromatic rings. The molecular formula is C17H33N7OS. The standard InChI is InChI=1S/C17H33N7OS/c1-3-16-22-21-15-24(16)9-7-20-17(18-5-4-14-26-2)19-6-8-23-10-12-25-13-11-23/h15H,3-14H2,1-2H3,(H2,18,19,20). The molecule has 0 atom stereocenters. The van der Waals surface area contributed by atoms with E-state index in [1.54, 1.807) is 6.33 Å². The summed E-state index contributed by atoms with van der Waals surface area (Å²) in [7, 11) is 0. The summed E-state index contributed by atoms with van der Waals surface area (Å²) < 4.78 is 7.49. The van der Waals surface area contributed by atoms with E-state index in [-0.39, 0.29) is 0 Å². The average molecular weight is 384 g/mol. The van der Waals surface area contributed by atoms with Gasteiger partial charge in [-0.25, -0.2) is 0 Å². The first-order valence-electron chi connectivity index (χ1n) is 9.51. The van der Waals surface area contributed by atoms with Crippen molar-refractivity contribution in [2.24, 2.45) is 4.99 Å². The molecule has 1 fully saturated rings. The average Bonchev–Trinajstić information content (AvgIpc) is 3.13. The number of guanidine groups is 1. The van der Waals surface area contributed by atoms with Crippen molar-refractivity contribution in [2.75, 3.05) is 64.5 Å². The zero-order chi connectivity index (χ0) is 18.5. The zero-order valence-corrected chi connectivity index (χ0v) is 16.9. The lowest BCUT2D eigenvalue weighted by molar-refractivity contribution is 0.0389. The maximum absolute atomic E-state index is 5.40. The van der Waals surface area contributed by atoms with Crippen LogP contribution < -0.4 is 10.6 Å². The molecule has 2 heterocycles. The van der Waals surface area contributed by atoms with Crippen LogP contribution in [0.25, 0.3) is 0 Å². The Balaban J connectivity index is 1.74. The fourth-order valence-electron chi connectivity index (χ4n) is 2.77. The molecule has 9 heteroatoms. The van der Waals surface area contributed by atoms with Crippen molar-refractivity contribution in [1.82, 2.24) is 30.3 Å². The lowest BCUT2D eigenvalue weighted by Gasteiger charge is -2.26. The minimum absolute atomic E-state index is 0.803. The van der Waals surface area contributed by atoms with Crippen molar-refractivity contribution < 1.29 is 4.74 Å². The number of aliphatic imine (C=N–C) groups is 1. The number of nitrogens with one attached hydrogen (secondary N) is 2. The van der Waals surface area contributed by atoms with E-state index < -0.39 is 0 Å². The van der Waals surface area contributed by atoms with E-state index in [1.165, 1.54) is 0 Å². The summed E-state index contributed by atoms with van der Waals surface area (Å²) in [6, 6.07) is 0. The van der Waals surface area contributed by atoms with Crippen molar-refractivity contribution >= 4 is 17.7 Å². The van der Waals surface area contributed by atoms with Gasteiger partial charge < -0.3 is 19.9 Å². The van der Waals surface area contributed by atoms with Crippen LogP contribution in [-0.4, -0.2) is 90.1 Å². The predicted octanol–water partition coefficient (Wildman–Crippen LogP) is 0.461. The smallest absolute Gasteiger partial charge is 0.191 e. The van der Waals surface area contributed by atoms with Crippen LogP contribution in [0.3, 0.4) is 0 Å². The summed E-state index contributed by atoms with van der Waals surface area (Å²) in [5.41, 5.74) is 0. The van der Waals surface area contributed by atoms with Crippen LogP contribution in [-0.2, 0) is 17.7 Å². The molecule has 0 aromatic carbocycles. The number of ether oxygens (including phenoxy) is 1. The molecule has 0 saturated carbocycles. The van der Waals surface area contributed by atoms with Gasteiger partial charge in [0.15, 0.2) is 5.96 Å². The van der Waals surface area contributed by atoms with Gasteiger partial charge in [0.25, 0.3) is 0 Å². The normalized spacial score (nSPS) is 16.0. The van der Waals surface area contributed by atoms with Gasteiger partial charge >= 0.3 is 0 Å². The van der Waals surface area contributed by atoms with Gasteiger partial charge in [-0.05, 0) is 18.4 Å². The minimum Gasteiger partial charge on any atom is -0.379 e. The van der Waals surface area contributed by atoms with Gasteiger partial charge in [-0.15, -0.1) is 10.2 Å². The van der Waals surface area contributed by atoms with Gasteiger partial charge in [-0.2, -0.15) is 11.8 Å². The summed E-state index contributed by atoms with van der Waals surface area (Å²) in [6.07, 6.45) is 5.92. The molecule has 1 aliphatic heterocycles. The summed E-state index contributed by atoms with van der Waals surface area (Å²) in [5.74, 6) is 3.06. The van der Waals surface area contributed by atoms with Crippen molar-refractivity contribution in [3.05, 3.63) is 12.2 Å². The topological polar surface area (TPSA) is 79.6 Å². The summed E-state index contributed by atoms with van der Waals surface area (Å²) in [6.45, 7) is 10.2. The molecule has 2 rings (SSSR count). The second kappa shape index (κ2) is 12.9. The van der Waals surface area contributed by atoms with Gasteiger partial charge in [0.1, 0.15) is 12.2 Å². The Morgan fingerprint density at radius 1 is 1.27 bits per heavy atom. The molecule has 148 valence electrons. The number of thioether (sulfide) groups is 1. The third-order valence-corrected chi connectivity index (χ3v) is 4.95. The molecule has 1 aromatic heterocycles. The maximum Gasteiger partial charge on any atom is 0.191 e. The Bertz CT molecular complexity index is 517. The van der Waals surface area contributed by atoms with Crippen molar-refractivity contribution in [2.45, 2.75) is 26.3 Å². The zero-order valence-electron chi connectivity index (χ0n) is 16.1. The summed E-state index contributed by atoms with van der Waals surface area (Å²) >= 11 is 1.86. The van der Waals surface area contributed by atoms with E-state index in [0.29, 0.717) is 0 Å². The summed E-state index contributed by atoms with van der Waals surface area (Å²) in [5, 5.41) is 15.0. The third-order valence-electron chi connectivity index (χ3n) is 4.26. The largest absolute Gasteiger partial charge is 0.379 e. The van der Waals surface area contributed by atoms with Crippen LogP contribution in [0.15, 0.2) is 11.3 Å². The molecule has 1 saturated heterocycles. The van der Waals surface area contributed by atoms with Gasteiger partial charge in [-0.1, -0.05) is 6.92 Å². The Kier molecular flexibility index (Phi) is 10.4. The van der Waals surface area contributed by atoms with Gasteiger partial charge in [-0.3, -0.25) is 9.89 Å². The number of nitrogens with zero attached hydrogens (tertiary/aromatic N) is 5. The van der Waals surface area contributed by atoms with Crippen LogP contribution in [0.1, 0.15) is 19.2 Å². The fraction of sp³-hybridized carbons (Fsp3) is 0.824. The van der Waals surface area contributed by atoms with Gasteiger partial charge in [0.05, 0.1) is 13.2 Å². The summed E-state index contributed by atoms with van der Waals surface area (Å²) in [4.78, 5) is 7.13. The Labute approximate surface area is 161 Å². The predicted molar refractivity (Wildman–Crippen MR) is 108 cm³/mol. The number of rotatable bonds is 11. The number of aromatic nitrogens is 3. The lowest BCUT2D eigenvalue weighted by atomic mass is 10.4. The first-order chi connectivity index (χ1) is 12.8. The fourth-order valence-corrected chi connectivity index (χ4v) is 3.18. The second-order valence-electron chi connectivity index (χ2n) is 6.18. The SMILES string of the molecule is CCc1nncn1CCNC(=NCCCSC)NCCN1CCOCC1. The molecular weight excluding hydrogens is 350 g/mol. The molecule has 1 aliphatic rings. The van der Waals surface area contributed by atoms with E-state index >= 15 is 0 Å². The van der Waals surface area contributed by atoms with Crippen molar-refractivity contribution in [3.63, 3.8) is 0 Å². The van der Waals surface area contributed by atoms with Crippen molar-refractivity contribution in [1.29, 1.82) is 0 Å². The highest BCUT2D eigenvalue weighted by Crippen LogP contribution is 1.97. The lowest BCUT2D eigenvalue weighted by Crippen LogP contribution is -2.45. The third kappa shape index (κ3) is 7.92. The molecule has 0 amide bonds. The second-order valence-corrected chi connectivity index (χ2v) is 7.16. The molecule has 26 heavy (non-hydrogen) atoms. The number of hydrogen-bond acceptors (Lipinski definition) is 6. The van der Waals surface area contributed by atoms with Gasteiger partial charge in [0.2, 0.25) is 0 Å². The van der Waals surface area contributed by atoms with Gasteiger partial charge in [0, 0.05) is 52.2 Å². The first kappa shape index (κ1) is 21.0. The Hall–Kier alpha value is -1.32. The highest BCUT2D eigenvalue weighted by atomic mass is 32.2. The quantitative estimate of drug-likeness (QED) is 0.326. The minimum atomic E-state index is 0.803. The Morgan fingerprint density at radius 2 is 2.04 bits per heavy atom. The molecule has 0 bridgehead atoms. The molecule has 0 aliphatic carbocycles. The number of aryl methyl sites for hydroxylation is 1. The van der Waals surface area contributed by atoms with Crippen LogP contribution in [0, 0.1) is 0 Å². The van der Waals surface area contributed by atoms with E-state index in [1.807, 2.05) is 11.8 Å². The van der Waals surface area contributed by atoms with Crippen LogP contribution in [0.2, 0.25) is 0 Å². The molecule has 0 unspecified atom stereocenters. The number of hydrogen-bond donors (Lipinski definition) is 2. The molecule has 2 N–H and O–H groups in total. The first-order valence-corrected chi connectivity index (χ1v) is 10.9. The van der Waals surface area contributed by atoms with E-state index in [4.69, 9.17) is 9.73 Å². The highest BCUT2D eigenvalue weighted by molar-refractivity contribution is 7.98. The highest BCUT2D eigenvalue weighted by Gasteiger charge is 2.09. The van der Waals surface area contributed by atoms with Crippen molar-refractivity contribution in [3.8, 4) is 0 Å². The monoisotopic (exact) mass is 383 g/mol. The number of morpholine rings is 1. The maximum atomic E-state index is 5.40. The molecule has 8 nitrogen and oxygen atoms in total. The molecule has 0 spiro atoms. The van der Waals surface area contributed by atoms with Crippen LogP contribution in [0.5, 0.6) is 0 Å². The molecule has 0 radical (unpaired) electrons. The Morgan fingerprint density at radius 3 is 2.77 bits per heavy atom. The van der Waals surface area contributed by atoms with Crippen LogP contribution >= 0.6 is 11.8 Å². The van der Waals surface area contributed by atoms with E-state index in [9.17, 15) is 0 Å².